The van der Waals surface area contributed by atoms with E-state index in [2.05, 4.69) is 68.4 Å². The molecule has 3 aliphatic rings. The molecule has 0 N–H and O–H groups in total. The van der Waals surface area contributed by atoms with Crippen molar-refractivity contribution in [2.45, 2.75) is 70.0 Å². The minimum absolute atomic E-state index is 0.0595. The first-order chi connectivity index (χ1) is 16.7. The van der Waals surface area contributed by atoms with Gasteiger partial charge in [0.15, 0.2) is 0 Å². The zero-order valence-corrected chi connectivity index (χ0v) is 20.8. The molecule has 7 heteroatoms. The molecule has 1 aromatic carbocycles. The van der Waals surface area contributed by atoms with Gasteiger partial charge in [0.2, 0.25) is 5.82 Å². The van der Waals surface area contributed by atoms with Gasteiger partial charge in [-0.05, 0) is 68.1 Å². The minimum Gasteiger partial charge on any atom is -0.336 e. The fourth-order valence-corrected chi connectivity index (χ4v) is 7.34. The Kier molecular flexibility index (Phi) is 5.77. The van der Waals surface area contributed by atoms with Gasteiger partial charge in [-0.2, -0.15) is 0 Å². The van der Waals surface area contributed by atoms with Crippen LogP contribution in [-0.2, 0) is 24.9 Å². The fraction of sp³-hybridized carbons (Fsp3) is 0.519. The number of thiophene rings is 1. The quantitative estimate of drug-likeness (QED) is 0.560. The normalized spacial score (nSPS) is 25.1. The van der Waals surface area contributed by atoms with Crippen molar-refractivity contribution in [2.75, 3.05) is 19.6 Å². The smallest absolute Gasteiger partial charge is 0.291 e. The van der Waals surface area contributed by atoms with Crippen molar-refractivity contribution in [3.05, 3.63) is 69.4 Å². The second-order valence-corrected chi connectivity index (χ2v) is 11.2. The summed E-state index contributed by atoms with van der Waals surface area (Å²) in [5.74, 6) is 1.57. The molecule has 6 rings (SSSR count). The van der Waals surface area contributed by atoms with Crippen LogP contribution in [0.15, 0.2) is 41.8 Å². The fourth-order valence-electron chi connectivity index (χ4n) is 6.40. The molecule has 0 unspecified atom stereocenters. The minimum atomic E-state index is 0.0595. The van der Waals surface area contributed by atoms with Gasteiger partial charge in [0.25, 0.3) is 5.91 Å². The summed E-state index contributed by atoms with van der Waals surface area (Å²) in [4.78, 5) is 19.6. The molecule has 2 atom stereocenters. The maximum atomic E-state index is 13.5. The lowest BCUT2D eigenvalue weighted by atomic mass is 9.71. The lowest BCUT2D eigenvalue weighted by Crippen LogP contribution is -2.45. The number of rotatable bonds is 4. The lowest BCUT2D eigenvalue weighted by Gasteiger charge is -2.38. The third kappa shape index (κ3) is 3.69. The first-order valence-corrected chi connectivity index (χ1v) is 13.6. The molecule has 2 aromatic heterocycles. The summed E-state index contributed by atoms with van der Waals surface area (Å²) < 4.78 is 2.17. The summed E-state index contributed by atoms with van der Waals surface area (Å²) in [6.45, 7) is 6.70. The second kappa shape index (κ2) is 8.93. The van der Waals surface area contributed by atoms with Crippen LogP contribution in [0.25, 0.3) is 0 Å². The Hall–Kier alpha value is -2.51. The predicted molar refractivity (Wildman–Crippen MR) is 134 cm³/mol. The molecule has 5 heterocycles. The Bertz CT molecular complexity index is 1160. The molecule has 0 bridgehead atoms. The maximum Gasteiger partial charge on any atom is 0.291 e. The molecule has 0 spiro atoms. The second-order valence-electron chi connectivity index (χ2n) is 10.2. The van der Waals surface area contributed by atoms with Gasteiger partial charge in [-0.1, -0.05) is 30.3 Å². The van der Waals surface area contributed by atoms with E-state index in [9.17, 15) is 4.79 Å². The van der Waals surface area contributed by atoms with Crippen LogP contribution in [0.2, 0.25) is 0 Å². The van der Waals surface area contributed by atoms with Gasteiger partial charge in [0.05, 0.1) is 0 Å². The molecule has 1 amide bonds. The molecule has 3 aromatic rings. The summed E-state index contributed by atoms with van der Waals surface area (Å²) in [5, 5.41) is 11.2. The number of hydrogen-bond donors (Lipinski definition) is 0. The summed E-state index contributed by atoms with van der Waals surface area (Å²) in [5.41, 5.74) is 2.87. The van der Waals surface area contributed by atoms with E-state index in [4.69, 9.17) is 0 Å². The number of likely N-dealkylation sites (tertiary alicyclic amines) is 2. The Morgan fingerprint density at radius 2 is 1.88 bits per heavy atom. The molecule has 2 fully saturated rings. The molecule has 0 saturated carbocycles. The molecule has 34 heavy (non-hydrogen) atoms. The number of carbonyl (C=O) groups excluding carboxylic acids is 1. The average Bonchev–Trinajstić information content (AvgIpc) is 3.55. The SMILES string of the molecule is Cc1ccsc1CN1CC[C@@]2(c3ccccc3)CCc3nnc(C(=O)N4CCCCC4)n3C[C@@H]12. The number of benzene rings is 1. The number of hydrogen-bond acceptors (Lipinski definition) is 5. The van der Waals surface area contributed by atoms with E-state index < -0.39 is 0 Å². The monoisotopic (exact) mass is 475 g/mol. The Morgan fingerprint density at radius 1 is 1.06 bits per heavy atom. The van der Waals surface area contributed by atoms with E-state index >= 15 is 0 Å². The van der Waals surface area contributed by atoms with Gasteiger partial charge >= 0.3 is 0 Å². The van der Waals surface area contributed by atoms with Crippen LogP contribution in [0.1, 0.15) is 64.6 Å². The zero-order valence-electron chi connectivity index (χ0n) is 19.9. The molecular formula is C27H33N5OS. The van der Waals surface area contributed by atoms with Crippen LogP contribution in [0.4, 0.5) is 0 Å². The topological polar surface area (TPSA) is 54.3 Å². The molecule has 0 radical (unpaired) electrons. The number of aromatic nitrogens is 3. The van der Waals surface area contributed by atoms with Crippen LogP contribution >= 0.6 is 11.3 Å². The van der Waals surface area contributed by atoms with E-state index in [1.165, 1.54) is 22.4 Å². The Morgan fingerprint density at radius 3 is 2.65 bits per heavy atom. The van der Waals surface area contributed by atoms with Crippen molar-refractivity contribution >= 4 is 17.2 Å². The molecule has 2 saturated heterocycles. The lowest BCUT2D eigenvalue weighted by molar-refractivity contribution is 0.0702. The van der Waals surface area contributed by atoms with Crippen molar-refractivity contribution in [1.82, 2.24) is 24.6 Å². The van der Waals surface area contributed by atoms with Gasteiger partial charge in [0, 0.05) is 48.9 Å². The number of aryl methyl sites for hydroxylation is 2. The van der Waals surface area contributed by atoms with E-state index in [1.807, 2.05) is 16.2 Å². The highest BCUT2D eigenvalue weighted by Crippen LogP contribution is 2.47. The summed E-state index contributed by atoms with van der Waals surface area (Å²) in [7, 11) is 0. The first-order valence-electron chi connectivity index (χ1n) is 12.7. The van der Waals surface area contributed by atoms with Crippen LogP contribution in [0.5, 0.6) is 0 Å². The number of amides is 1. The predicted octanol–water partition coefficient (Wildman–Crippen LogP) is 4.43. The van der Waals surface area contributed by atoms with Gasteiger partial charge in [0.1, 0.15) is 5.82 Å². The highest BCUT2D eigenvalue weighted by molar-refractivity contribution is 7.10. The van der Waals surface area contributed by atoms with Crippen LogP contribution in [-0.4, -0.2) is 56.1 Å². The standard InChI is InChI=1S/C27H33N5OS/c1-20-11-17-34-22(20)18-31-16-13-27(21-8-4-2-5-9-21)12-10-24-28-29-25(32(24)19-23(27)31)26(33)30-14-6-3-7-15-30/h2,4-5,8-9,11,17,23H,3,6-7,10,12-16,18-19H2,1H3/t23-,27-/m1/s1. The van der Waals surface area contributed by atoms with E-state index in [-0.39, 0.29) is 11.3 Å². The number of piperidine rings is 1. The number of nitrogens with zero attached hydrogens (tertiary/aromatic N) is 5. The Labute approximate surface area is 205 Å². The van der Waals surface area contributed by atoms with Gasteiger partial charge in [-0.15, -0.1) is 21.5 Å². The summed E-state index contributed by atoms with van der Waals surface area (Å²) in [6, 6.07) is 13.6. The number of carbonyl (C=O) groups is 1. The van der Waals surface area contributed by atoms with Crippen molar-refractivity contribution in [3.63, 3.8) is 0 Å². The summed E-state index contributed by atoms with van der Waals surface area (Å²) >= 11 is 1.86. The van der Waals surface area contributed by atoms with E-state index in [0.717, 1.165) is 70.7 Å². The average molecular weight is 476 g/mol. The van der Waals surface area contributed by atoms with E-state index in [1.54, 1.807) is 0 Å². The first kappa shape index (κ1) is 22.0. The third-order valence-electron chi connectivity index (χ3n) is 8.40. The Balaban J connectivity index is 1.37. The van der Waals surface area contributed by atoms with Crippen molar-refractivity contribution in [2.24, 2.45) is 0 Å². The summed E-state index contributed by atoms with van der Waals surface area (Å²) in [6.07, 6.45) is 6.41. The molecule has 178 valence electrons. The van der Waals surface area contributed by atoms with Crippen molar-refractivity contribution < 1.29 is 4.79 Å². The third-order valence-corrected chi connectivity index (χ3v) is 9.41. The van der Waals surface area contributed by atoms with Gasteiger partial charge < -0.3 is 9.47 Å². The number of fused-ring (bicyclic) bond motifs is 2. The molecule has 3 aliphatic heterocycles. The van der Waals surface area contributed by atoms with Crippen LogP contribution in [0.3, 0.4) is 0 Å². The van der Waals surface area contributed by atoms with Crippen LogP contribution in [0, 0.1) is 6.92 Å². The molecule has 6 nitrogen and oxygen atoms in total. The largest absolute Gasteiger partial charge is 0.336 e. The highest BCUT2D eigenvalue weighted by atomic mass is 32.1. The van der Waals surface area contributed by atoms with E-state index in [0.29, 0.717) is 11.9 Å². The van der Waals surface area contributed by atoms with Gasteiger partial charge in [-0.3, -0.25) is 9.69 Å². The van der Waals surface area contributed by atoms with Gasteiger partial charge in [-0.25, -0.2) is 0 Å². The van der Waals surface area contributed by atoms with Crippen LogP contribution < -0.4 is 0 Å². The molecular weight excluding hydrogens is 442 g/mol. The maximum absolute atomic E-state index is 13.5. The molecule has 0 aliphatic carbocycles. The van der Waals surface area contributed by atoms with Crippen molar-refractivity contribution in [3.8, 4) is 0 Å². The zero-order chi connectivity index (χ0) is 23.1. The highest BCUT2D eigenvalue weighted by Gasteiger charge is 2.50. The van der Waals surface area contributed by atoms with Crippen molar-refractivity contribution in [1.29, 1.82) is 0 Å².